The van der Waals surface area contributed by atoms with Crippen LogP contribution in [0.1, 0.15) is 29.6 Å². The average Bonchev–Trinajstić information content (AvgIpc) is 3.11. The number of amides is 1. The predicted molar refractivity (Wildman–Crippen MR) is 87.1 cm³/mol. The molecular weight excluding hydrogens is 329 g/mol. The van der Waals surface area contributed by atoms with Crippen molar-refractivity contribution in [2.75, 3.05) is 26.8 Å². The molecule has 2 fully saturated rings. The van der Waals surface area contributed by atoms with E-state index in [0.29, 0.717) is 39.0 Å². The molecule has 3 rings (SSSR count). The van der Waals surface area contributed by atoms with Gasteiger partial charge < -0.3 is 19.5 Å². The number of hydrogen-bond acceptors (Lipinski definition) is 4. The van der Waals surface area contributed by atoms with E-state index in [1.807, 2.05) is 0 Å². The predicted octanol–water partition coefficient (Wildman–Crippen LogP) is 2.18. The Hall–Kier alpha value is -2.15. The highest BCUT2D eigenvalue weighted by Gasteiger charge is 2.41. The normalized spacial score (nSPS) is 24.3. The van der Waals surface area contributed by atoms with E-state index in [-0.39, 0.29) is 29.2 Å². The van der Waals surface area contributed by atoms with Gasteiger partial charge in [0.15, 0.2) is 11.6 Å². The fourth-order valence-electron chi connectivity index (χ4n) is 3.78. The Labute approximate surface area is 145 Å². The van der Waals surface area contributed by atoms with Crippen LogP contribution >= 0.6 is 0 Å². The van der Waals surface area contributed by atoms with E-state index in [4.69, 9.17) is 9.47 Å². The molecule has 2 heterocycles. The van der Waals surface area contributed by atoms with E-state index in [2.05, 4.69) is 0 Å². The Balaban J connectivity index is 1.64. The van der Waals surface area contributed by atoms with E-state index in [9.17, 15) is 19.1 Å². The number of hydrogen-bond donors (Lipinski definition) is 1. The van der Waals surface area contributed by atoms with Gasteiger partial charge in [0.05, 0.1) is 24.7 Å². The summed E-state index contributed by atoms with van der Waals surface area (Å²) in [6.45, 7) is 1.40. The number of piperidine rings is 1. The molecule has 2 atom stereocenters. The molecule has 2 saturated heterocycles. The number of benzene rings is 1. The lowest BCUT2D eigenvalue weighted by molar-refractivity contribution is -0.145. The summed E-state index contributed by atoms with van der Waals surface area (Å²) in [6, 6.07) is 4.51. The molecular formula is C18H22FNO5. The highest BCUT2D eigenvalue weighted by atomic mass is 19.1. The first-order valence-corrected chi connectivity index (χ1v) is 8.49. The summed E-state index contributed by atoms with van der Waals surface area (Å²) in [7, 11) is 1.36. The third-order valence-corrected chi connectivity index (χ3v) is 5.16. The lowest BCUT2D eigenvalue weighted by Gasteiger charge is -2.35. The SMILES string of the molecule is COc1cccc(C(=O)N2CCC([C@@H]3OCCC3C(=O)O)CC2)c1F. The average molecular weight is 351 g/mol. The van der Waals surface area contributed by atoms with Crippen LogP contribution in [0, 0.1) is 17.7 Å². The van der Waals surface area contributed by atoms with Crippen LogP contribution in [0.4, 0.5) is 4.39 Å². The number of rotatable bonds is 4. The van der Waals surface area contributed by atoms with Gasteiger partial charge in [-0.3, -0.25) is 9.59 Å². The summed E-state index contributed by atoms with van der Waals surface area (Å²) >= 11 is 0. The minimum absolute atomic E-state index is 0.00155. The minimum atomic E-state index is -0.820. The Kier molecular flexibility index (Phi) is 5.22. The van der Waals surface area contributed by atoms with E-state index in [1.165, 1.54) is 19.2 Å². The maximum Gasteiger partial charge on any atom is 0.309 e. The van der Waals surface area contributed by atoms with Gasteiger partial charge in [-0.15, -0.1) is 0 Å². The lowest BCUT2D eigenvalue weighted by atomic mass is 9.84. The smallest absolute Gasteiger partial charge is 0.309 e. The summed E-state index contributed by atoms with van der Waals surface area (Å²) in [4.78, 5) is 25.5. The Morgan fingerprint density at radius 3 is 2.64 bits per heavy atom. The molecule has 1 N–H and O–H groups in total. The van der Waals surface area contributed by atoms with Crippen LogP contribution in [0.3, 0.4) is 0 Å². The highest BCUT2D eigenvalue weighted by Crippen LogP contribution is 2.34. The number of likely N-dealkylation sites (tertiary alicyclic amines) is 1. The Morgan fingerprint density at radius 2 is 2.00 bits per heavy atom. The Morgan fingerprint density at radius 1 is 1.28 bits per heavy atom. The number of halogens is 1. The molecule has 0 saturated carbocycles. The van der Waals surface area contributed by atoms with E-state index >= 15 is 0 Å². The van der Waals surface area contributed by atoms with Gasteiger partial charge in [-0.05, 0) is 37.3 Å². The van der Waals surface area contributed by atoms with Crippen LogP contribution < -0.4 is 4.74 Å². The quantitative estimate of drug-likeness (QED) is 0.900. The van der Waals surface area contributed by atoms with Crippen molar-refractivity contribution in [2.45, 2.75) is 25.4 Å². The molecule has 0 bridgehead atoms. The molecule has 2 aliphatic rings. The van der Waals surface area contributed by atoms with Crippen molar-refractivity contribution in [2.24, 2.45) is 11.8 Å². The number of ether oxygens (including phenoxy) is 2. The van der Waals surface area contributed by atoms with Gasteiger partial charge in [-0.1, -0.05) is 6.07 Å². The second-order valence-electron chi connectivity index (χ2n) is 6.52. The summed E-state index contributed by atoms with van der Waals surface area (Å²) in [5.41, 5.74) is -0.00155. The Bertz CT molecular complexity index is 657. The third-order valence-electron chi connectivity index (χ3n) is 5.16. The monoisotopic (exact) mass is 351 g/mol. The van der Waals surface area contributed by atoms with Crippen LogP contribution in [0.25, 0.3) is 0 Å². The third kappa shape index (κ3) is 3.46. The number of nitrogens with zero attached hydrogens (tertiary/aromatic N) is 1. The second kappa shape index (κ2) is 7.39. The summed E-state index contributed by atoms with van der Waals surface area (Å²) < 4.78 is 24.8. The van der Waals surface area contributed by atoms with E-state index in [1.54, 1.807) is 11.0 Å². The molecule has 1 amide bonds. The zero-order valence-electron chi connectivity index (χ0n) is 14.1. The molecule has 2 aliphatic heterocycles. The van der Waals surface area contributed by atoms with Crippen molar-refractivity contribution < 1.29 is 28.6 Å². The number of carboxylic acids is 1. The molecule has 1 aromatic carbocycles. The number of carbonyl (C=O) groups excluding carboxylic acids is 1. The van der Waals surface area contributed by atoms with Gasteiger partial charge in [0.2, 0.25) is 0 Å². The minimum Gasteiger partial charge on any atom is -0.494 e. The molecule has 0 spiro atoms. The molecule has 0 aromatic heterocycles. The van der Waals surface area contributed by atoms with Crippen LogP contribution in [0.5, 0.6) is 5.75 Å². The van der Waals surface area contributed by atoms with Gasteiger partial charge in [0, 0.05) is 19.7 Å². The molecule has 25 heavy (non-hydrogen) atoms. The summed E-state index contributed by atoms with van der Waals surface area (Å²) in [5, 5.41) is 9.29. The first kappa shape index (κ1) is 17.7. The van der Waals surface area contributed by atoms with Gasteiger partial charge in [-0.25, -0.2) is 4.39 Å². The van der Waals surface area contributed by atoms with Gasteiger partial charge >= 0.3 is 5.97 Å². The van der Waals surface area contributed by atoms with E-state index in [0.717, 1.165) is 0 Å². The fraction of sp³-hybridized carbons (Fsp3) is 0.556. The van der Waals surface area contributed by atoms with Crippen molar-refractivity contribution in [1.29, 1.82) is 0 Å². The first-order valence-electron chi connectivity index (χ1n) is 8.49. The van der Waals surface area contributed by atoms with Crippen molar-refractivity contribution in [1.82, 2.24) is 4.90 Å². The highest BCUT2D eigenvalue weighted by molar-refractivity contribution is 5.95. The topological polar surface area (TPSA) is 76.1 Å². The van der Waals surface area contributed by atoms with Crippen molar-refractivity contribution in [3.05, 3.63) is 29.6 Å². The number of carbonyl (C=O) groups is 2. The van der Waals surface area contributed by atoms with Gasteiger partial charge in [0.25, 0.3) is 5.91 Å². The molecule has 1 aromatic rings. The van der Waals surface area contributed by atoms with Crippen LogP contribution in [0.2, 0.25) is 0 Å². The maximum atomic E-state index is 14.3. The van der Waals surface area contributed by atoms with Gasteiger partial charge in [-0.2, -0.15) is 0 Å². The molecule has 6 nitrogen and oxygen atoms in total. The molecule has 1 unspecified atom stereocenters. The molecule has 0 aliphatic carbocycles. The second-order valence-corrected chi connectivity index (χ2v) is 6.52. The van der Waals surface area contributed by atoms with Crippen LogP contribution in [0.15, 0.2) is 18.2 Å². The number of carboxylic acid groups (broad SMARTS) is 1. The first-order chi connectivity index (χ1) is 12.0. The molecule has 7 heteroatoms. The molecule has 0 radical (unpaired) electrons. The zero-order valence-corrected chi connectivity index (χ0v) is 14.1. The lowest BCUT2D eigenvalue weighted by Crippen LogP contribution is -2.43. The zero-order chi connectivity index (χ0) is 18.0. The summed E-state index contributed by atoms with van der Waals surface area (Å²) in [5.74, 6) is -2.14. The maximum absolute atomic E-state index is 14.3. The number of methoxy groups -OCH3 is 1. The van der Waals surface area contributed by atoms with Crippen molar-refractivity contribution in [3.8, 4) is 5.75 Å². The van der Waals surface area contributed by atoms with Crippen LogP contribution in [-0.4, -0.2) is 54.8 Å². The fourth-order valence-corrected chi connectivity index (χ4v) is 3.78. The van der Waals surface area contributed by atoms with Gasteiger partial charge in [0.1, 0.15) is 0 Å². The standard InChI is InChI=1S/C18H22FNO5/c1-24-14-4-2-3-12(15(14)19)17(21)20-8-5-11(6-9-20)16-13(18(22)23)7-10-25-16/h2-4,11,13,16H,5-10H2,1H3,(H,22,23)/t13?,16-/m0/s1. The van der Waals surface area contributed by atoms with Crippen molar-refractivity contribution >= 4 is 11.9 Å². The molecule has 136 valence electrons. The van der Waals surface area contributed by atoms with E-state index < -0.39 is 17.7 Å². The largest absolute Gasteiger partial charge is 0.494 e. The number of aliphatic carboxylic acids is 1. The van der Waals surface area contributed by atoms with Crippen LogP contribution in [-0.2, 0) is 9.53 Å². The summed E-state index contributed by atoms with van der Waals surface area (Å²) in [6.07, 6.45) is 1.56. The van der Waals surface area contributed by atoms with Crippen molar-refractivity contribution in [3.63, 3.8) is 0 Å².